The van der Waals surface area contributed by atoms with Gasteiger partial charge in [0, 0.05) is 18.9 Å². The van der Waals surface area contributed by atoms with Crippen molar-refractivity contribution in [3.63, 3.8) is 0 Å². The minimum absolute atomic E-state index is 0.275. The number of methoxy groups -OCH3 is 1. The van der Waals surface area contributed by atoms with E-state index in [1.54, 1.807) is 26.2 Å². The van der Waals surface area contributed by atoms with Crippen LogP contribution in [0.1, 0.15) is 11.1 Å². The van der Waals surface area contributed by atoms with Gasteiger partial charge < -0.3 is 10.1 Å². The zero-order valence-corrected chi connectivity index (χ0v) is 16.0. The maximum absolute atomic E-state index is 13.5. The third-order valence-corrected chi connectivity index (χ3v) is 4.45. The molecule has 8 heteroatoms. The third kappa shape index (κ3) is 4.60. The number of rotatable bonds is 6. The Kier molecular flexibility index (Phi) is 5.92. The molecule has 0 aliphatic rings. The van der Waals surface area contributed by atoms with Gasteiger partial charge in [0.1, 0.15) is 18.1 Å². The fraction of sp³-hybridized carbons (Fsp3) is 0.190. The van der Waals surface area contributed by atoms with Gasteiger partial charge in [-0.3, -0.25) is 23.5 Å². The molecule has 0 saturated heterocycles. The maximum atomic E-state index is 13.5. The minimum atomic E-state index is -0.865. The molecular weight excluding hydrogens is 377 g/mol. The smallest absolute Gasteiger partial charge is 0.320 e. The number of amides is 1. The maximum Gasteiger partial charge on any atom is 0.320 e. The number of carbonyl (C=O) groups excluding carboxylic acids is 1. The molecule has 0 atom stereocenters. The molecule has 0 radical (unpaired) electrons. The lowest BCUT2D eigenvalue weighted by molar-refractivity contribution is -0.121. The Hall–Kier alpha value is -3.68. The zero-order chi connectivity index (χ0) is 21.0. The molecule has 1 heterocycles. The van der Waals surface area contributed by atoms with Gasteiger partial charge >= 0.3 is 11.1 Å². The SMILES string of the molecule is COc1ccc(CNC(=O)Cn2ccn(-c3cc(F)ccc3C)c(=O)c2=O)cc1. The summed E-state index contributed by atoms with van der Waals surface area (Å²) in [6.07, 6.45) is 2.68. The fourth-order valence-corrected chi connectivity index (χ4v) is 2.82. The molecule has 3 rings (SSSR count). The van der Waals surface area contributed by atoms with Crippen LogP contribution in [0.3, 0.4) is 0 Å². The summed E-state index contributed by atoms with van der Waals surface area (Å²) in [5, 5.41) is 2.70. The van der Waals surface area contributed by atoms with E-state index in [2.05, 4.69) is 5.32 Å². The molecule has 1 aromatic heterocycles. The first-order chi connectivity index (χ1) is 13.9. The van der Waals surface area contributed by atoms with Crippen molar-refractivity contribution < 1.29 is 13.9 Å². The molecule has 1 amide bonds. The average Bonchev–Trinajstić information content (AvgIpc) is 2.72. The number of nitrogens with zero attached hydrogens (tertiary/aromatic N) is 2. The summed E-state index contributed by atoms with van der Waals surface area (Å²) in [4.78, 5) is 37.0. The van der Waals surface area contributed by atoms with E-state index in [9.17, 15) is 18.8 Å². The van der Waals surface area contributed by atoms with E-state index in [0.717, 1.165) is 14.7 Å². The molecule has 1 N–H and O–H groups in total. The average molecular weight is 397 g/mol. The van der Waals surface area contributed by atoms with Crippen LogP contribution in [0.25, 0.3) is 5.69 Å². The molecule has 2 aromatic carbocycles. The van der Waals surface area contributed by atoms with Crippen molar-refractivity contribution in [2.45, 2.75) is 20.0 Å². The van der Waals surface area contributed by atoms with Crippen LogP contribution in [-0.4, -0.2) is 22.2 Å². The highest BCUT2D eigenvalue weighted by Crippen LogP contribution is 2.13. The molecule has 0 saturated carbocycles. The molecule has 0 aliphatic heterocycles. The van der Waals surface area contributed by atoms with E-state index in [4.69, 9.17) is 4.74 Å². The lowest BCUT2D eigenvalue weighted by Gasteiger charge is -2.11. The van der Waals surface area contributed by atoms with Crippen molar-refractivity contribution in [3.8, 4) is 11.4 Å². The van der Waals surface area contributed by atoms with E-state index in [-0.39, 0.29) is 18.8 Å². The van der Waals surface area contributed by atoms with E-state index < -0.39 is 22.8 Å². The first-order valence-electron chi connectivity index (χ1n) is 8.87. The van der Waals surface area contributed by atoms with Gasteiger partial charge in [0.15, 0.2) is 0 Å². The monoisotopic (exact) mass is 397 g/mol. The molecule has 0 unspecified atom stereocenters. The van der Waals surface area contributed by atoms with Crippen molar-refractivity contribution in [2.24, 2.45) is 0 Å². The summed E-state index contributed by atoms with van der Waals surface area (Å²) in [5.41, 5.74) is 0.0644. The molecule has 0 bridgehead atoms. The van der Waals surface area contributed by atoms with Gasteiger partial charge in [-0.1, -0.05) is 18.2 Å². The fourth-order valence-electron chi connectivity index (χ4n) is 2.82. The third-order valence-electron chi connectivity index (χ3n) is 4.45. The zero-order valence-electron chi connectivity index (χ0n) is 16.0. The van der Waals surface area contributed by atoms with Gasteiger partial charge in [-0.05, 0) is 42.3 Å². The molecule has 29 heavy (non-hydrogen) atoms. The summed E-state index contributed by atoms with van der Waals surface area (Å²) in [6, 6.07) is 11.2. The van der Waals surface area contributed by atoms with E-state index in [0.29, 0.717) is 11.3 Å². The lowest BCUT2D eigenvalue weighted by atomic mass is 10.2. The number of aryl methyl sites for hydroxylation is 1. The van der Waals surface area contributed by atoms with Crippen LogP contribution >= 0.6 is 0 Å². The van der Waals surface area contributed by atoms with Crippen molar-refractivity contribution in [3.05, 3.63) is 92.5 Å². The normalized spacial score (nSPS) is 10.6. The number of hydrogen-bond donors (Lipinski definition) is 1. The molecule has 0 fully saturated rings. The molecule has 0 spiro atoms. The molecular formula is C21H20FN3O4. The second-order valence-electron chi connectivity index (χ2n) is 6.46. The number of benzene rings is 2. The number of carbonyl (C=O) groups is 1. The first kappa shape index (κ1) is 20.1. The highest BCUT2D eigenvalue weighted by molar-refractivity contribution is 5.75. The van der Waals surface area contributed by atoms with Crippen LogP contribution in [0.2, 0.25) is 0 Å². The van der Waals surface area contributed by atoms with Crippen LogP contribution in [0.5, 0.6) is 5.75 Å². The van der Waals surface area contributed by atoms with Crippen molar-refractivity contribution in [2.75, 3.05) is 7.11 Å². The summed E-state index contributed by atoms with van der Waals surface area (Å²) in [6.45, 7) is 1.68. The summed E-state index contributed by atoms with van der Waals surface area (Å²) >= 11 is 0. The minimum Gasteiger partial charge on any atom is -0.497 e. The van der Waals surface area contributed by atoms with Gasteiger partial charge in [-0.25, -0.2) is 4.39 Å². The molecule has 0 aliphatic carbocycles. The lowest BCUT2D eigenvalue weighted by Crippen LogP contribution is -2.42. The predicted molar refractivity (Wildman–Crippen MR) is 106 cm³/mol. The number of halogens is 1. The Morgan fingerprint density at radius 1 is 1.07 bits per heavy atom. The van der Waals surface area contributed by atoms with Crippen LogP contribution in [0, 0.1) is 12.7 Å². The Morgan fingerprint density at radius 2 is 1.79 bits per heavy atom. The number of nitrogens with one attached hydrogen (secondary N) is 1. The van der Waals surface area contributed by atoms with Crippen LogP contribution in [0.4, 0.5) is 4.39 Å². The van der Waals surface area contributed by atoms with Crippen molar-refractivity contribution >= 4 is 5.91 Å². The van der Waals surface area contributed by atoms with Crippen LogP contribution < -0.4 is 21.2 Å². The summed E-state index contributed by atoms with van der Waals surface area (Å²) in [7, 11) is 1.57. The Bertz CT molecular complexity index is 1150. The van der Waals surface area contributed by atoms with E-state index in [1.807, 2.05) is 12.1 Å². The van der Waals surface area contributed by atoms with Gasteiger partial charge in [0.25, 0.3) is 0 Å². The Balaban J connectivity index is 1.73. The highest BCUT2D eigenvalue weighted by Gasteiger charge is 2.12. The van der Waals surface area contributed by atoms with Gasteiger partial charge in [0.05, 0.1) is 12.8 Å². The molecule has 150 valence electrons. The molecule has 7 nitrogen and oxygen atoms in total. The predicted octanol–water partition coefficient (Wildman–Crippen LogP) is 1.77. The standard InChI is InChI=1S/C21H20FN3O4/c1-14-3-6-16(22)11-18(14)25-10-9-24(20(27)21(25)28)13-19(26)23-12-15-4-7-17(29-2)8-5-15/h3-11H,12-13H2,1-2H3,(H,23,26). The summed E-state index contributed by atoms with van der Waals surface area (Å²) < 4.78 is 20.7. The van der Waals surface area contributed by atoms with Crippen molar-refractivity contribution in [1.29, 1.82) is 0 Å². The Labute approximate surface area is 166 Å². The van der Waals surface area contributed by atoms with E-state index >= 15 is 0 Å². The summed E-state index contributed by atoms with van der Waals surface area (Å²) in [5.74, 6) is -0.220. The van der Waals surface area contributed by atoms with E-state index in [1.165, 1.54) is 30.6 Å². The number of hydrogen-bond acceptors (Lipinski definition) is 4. The van der Waals surface area contributed by atoms with Crippen LogP contribution in [0.15, 0.2) is 64.4 Å². The van der Waals surface area contributed by atoms with Gasteiger partial charge in [0.2, 0.25) is 5.91 Å². The van der Waals surface area contributed by atoms with Crippen molar-refractivity contribution in [1.82, 2.24) is 14.5 Å². The quantitative estimate of drug-likeness (QED) is 0.643. The highest BCUT2D eigenvalue weighted by atomic mass is 19.1. The topological polar surface area (TPSA) is 82.3 Å². The van der Waals surface area contributed by atoms with Gasteiger partial charge in [-0.15, -0.1) is 0 Å². The second kappa shape index (κ2) is 8.55. The second-order valence-corrected chi connectivity index (χ2v) is 6.46. The van der Waals surface area contributed by atoms with Gasteiger partial charge in [-0.2, -0.15) is 0 Å². The number of ether oxygens (including phenoxy) is 1. The molecule has 3 aromatic rings. The number of aromatic nitrogens is 2. The first-order valence-corrected chi connectivity index (χ1v) is 8.87. The largest absolute Gasteiger partial charge is 0.497 e. The Morgan fingerprint density at radius 3 is 2.48 bits per heavy atom. The van der Waals surface area contributed by atoms with Crippen LogP contribution in [-0.2, 0) is 17.9 Å².